The molecule has 0 aromatic carbocycles. The van der Waals surface area contributed by atoms with Gasteiger partial charge in [0.25, 0.3) is 5.91 Å². The number of carbonyl (C=O) groups excluding carboxylic acids is 1. The number of anilines is 1. The van der Waals surface area contributed by atoms with Gasteiger partial charge in [-0.2, -0.15) is 5.10 Å². The Morgan fingerprint density at radius 3 is 2.86 bits per heavy atom. The number of amides is 1. The lowest BCUT2D eigenvalue weighted by Crippen LogP contribution is -2.45. The van der Waals surface area contributed by atoms with Crippen LogP contribution < -0.4 is 10.6 Å². The molecular weight excluding hydrogens is 329 g/mol. The summed E-state index contributed by atoms with van der Waals surface area (Å²) >= 11 is 0. The van der Waals surface area contributed by atoms with Crippen molar-refractivity contribution in [3.8, 4) is 5.82 Å². The van der Waals surface area contributed by atoms with Crippen molar-refractivity contribution in [3.05, 3.63) is 36.8 Å². The lowest BCUT2D eigenvalue weighted by Gasteiger charge is -2.22. The molecule has 0 aliphatic carbocycles. The first-order valence-electron chi connectivity index (χ1n) is 6.42. The molecule has 0 saturated carbocycles. The van der Waals surface area contributed by atoms with Crippen LogP contribution in [0.2, 0.25) is 0 Å². The Morgan fingerprint density at radius 1 is 1.41 bits per heavy atom. The van der Waals surface area contributed by atoms with E-state index in [1.54, 1.807) is 29.2 Å². The average molecular weight is 346 g/mol. The van der Waals surface area contributed by atoms with Crippen LogP contribution in [0.15, 0.2) is 36.8 Å². The van der Waals surface area contributed by atoms with E-state index < -0.39 is 6.10 Å². The second-order valence-corrected chi connectivity index (χ2v) is 4.41. The monoisotopic (exact) mass is 345 g/mol. The van der Waals surface area contributed by atoms with Gasteiger partial charge >= 0.3 is 0 Å². The van der Waals surface area contributed by atoms with Gasteiger partial charge in [-0.05, 0) is 18.2 Å². The van der Waals surface area contributed by atoms with Crippen LogP contribution in [0.5, 0.6) is 0 Å². The van der Waals surface area contributed by atoms with Crippen molar-refractivity contribution in [2.45, 2.75) is 6.10 Å². The molecule has 1 unspecified atom stereocenters. The highest BCUT2D eigenvalue weighted by Gasteiger charge is 2.21. The number of morpholine rings is 1. The first kappa shape index (κ1) is 18.4. The molecule has 7 nitrogen and oxygen atoms in total. The van der Waals surface area contributed by atoms with Gasteiger partial charge < -0.3 is 15.4 Å². The van der Waals surface area contributed by atoms with E-state index in [1.165, 1.54) is 0 Å². The number of nitrogens with zero attached hydrogens (tertiary/aromatic N) is 3. The number of halogens is 2. The lowest BCUT2D eigenvalue weighted by molar-refractivity contribution is -0.128. The second-order valence-electron chi connectivity index (χ2n) is 4.41. The molecule has 1 aliphatic heterocycles. The topological polar surface area (TPSA) is 81.1 Å². The van der Waals surface area contributed by atoms with Gasteiger partial charge in [-0.3, -0.25) is 4.79 Å². The van der Waals surface area contributed by atoms with Gasteiger partial charge in [0.15, 0.2) is 5.82 Å². The van der Waals surface area contributed by atoms with E-state index in [2.05, 4.69) is 20.7 Å². The van der Waals surface area contributed by atoms with Crippen LogP contribution in [0.3, 0.4) is 0 Å². The summed E-state index contributed by atoms with van der Waals surface area (Å²) < 4.78 is 7.04. The van der Waals surface area contributed by atoms with Gasteiger partial charge in [-0.1, -0.05) is 0 Å². The van der Waals surface area contributed by atoms with Crippen LogP contribution in [0.1, 0.15) is 0 Å². The van der Waals surface area contributed by atoms with Crippen molar-refractivity contribution in [2.24, 2.45) is 0 Å². The summed E-state index contributed by atoms with van der Waals surface area (Å²) in [5, 5.41) is 9.99. The maximum absolute atomic E-state index is 12.0. The third kappa shape index (κ3) is 4.41. The number of pyridine rings is 1. The van der Waals surface area contributed by atoms with E-state index in [4.69, 9.17) is 4.74 Å². The highest BCUT2D eigenvalue weighted by atomic mass is 35.5. The molecule has 2 aromatic rings. The molecule has 120 valence electrons. The molecule has 1 aliphatic rings. The van der Waals surface area contributed by atoms with E-state index >= 15 is 0 Å². The summed E-state index contributed by atoms with van der Waals surface area (Å²) in [5.41, 5.74) is 0.639. The van der Waals surface area contributed by atoms with Crippen molar-refractivity contribution in [1.82, 2.24) is 20.1 Å². The van der Waals surface area contributed by atoms with E-state index in [1.807, 2.05) is 12.3 Å². The molecule has 1 saturated heterocycles. The minimum Gasteiger partial charge on any atom is -0.366 e. The molecule has 2 N–H and O–H groups in total. The summed E-state index contributed by atoms with van der Waals surface area (Å²) in [6.07, 6.45) is 4.65. The summed E-state index contributed by atoms with van der Waals surface area (Å²) in [5.74, 6) is 0.537. The number of carbonyl (C=O) groups is 1. The Hall–Kier alpha value is -1.67. The van der Waals surface area contributed by atoms with E-state index in [-0.39, 0.29) is 30.7 Å². The van der Waals surface area contributed by atoms with Crippen molar-refractivity contribution in [3.63, 3.8) is 0 Å². The van der Waals surface area contributed by atoms with Gasteiger partial charge in [0.05, 0.1) is 18.5 Å². The fourth-order valence-electron chi connectivity index (χ4n) is 1.96. The van der Waals surface area contributed by atoms with Crippen LogP contribution in [-0.2, 0) is 9.53 Å². The van der Waals surface area contributed by atoms with Crippen LogP contribution in [0.25, 0.3) is 5.82 Å². The average Bonchev–Trinajstić information content (AvgIpc) is 3.03. The van der Waals surface area contributed by atoms with Crippen LogP contribution in [0.4, 0.5) is 5.69 Å². The molecule has 22 heavy (non-hydrogen) atoms. The zero-order valence-corrected chi connectivity index (χ0v) is 13.3. The Bertz CT molecular complexity index is 571. The molecule has 3 heterocycles. The molecule has 0 bridgehead atoms. The number of aromatic nitrogens is 3. The molecular formula is C13H17Cl2N5O2. The molecule has 2 aromatic heterocycles. The van der Waals surface area contributed by atoms with Crippen molar-refractivity contribution in [2.75, 3.05) is 25.0 Å². The minimum absolute atomic E-state index is 0. The molecule has 1 fully saturated rings. The third-order valence-electron chi connectivity index (χ3n) is 2.97. The van der Waals surface area contributed by atoms with Crippen LogP contribution >= 0.6 is 24.8 Å². The molecule has 0 spiro atoms. The summed E-state index contributed by atoms with van der Waals surface area (Å²) in [7, 11) is 0. The zero-order chi connectivity index (χ0) is 13.8. The molecule has 1 atom stereocenters. The smallest absolute Gasteiger partial charge is 0.254 e. The standard InChI is InChI=1S/C13H15N5O2.2ClH/c19-13(11-9-14-5-7-20-11)17-10-2-3-12(15-8-10)18-6-1-4-16-18;;/h1-4,6,8,11,14H,5,7,9H2,(H,17,19);2*1H. The van der Waals surface area contributed by atoms with Gasteiger partial charge in [-0.25, -0.2) is 9.67 Å². The lowest BCUT2D eigenvalue weighted by atomic mass is 10.3. The van der Waals surface area contributed by atoms with Gasteiger partial charge in [0.1, 0.15) is 6.10 Å². The zero-order valence-electron chi connectivity index (χ0n) is 11.6. The predicted octanol–water partition coefficient (Wildman–Crippen LogP) is 1.04. The highest BCUT2D eigenvalue weighted by Crippen LogP contribution is 2.10. The SMILES string of the molecule is Cl.Cl.O=C(Nc1ccc(-n2cccn2)nc1)C1CNCCO1. The van der Waals surface area contributed by atoms with Gasteiger partial charge in [0.2, 0.25) is 0 Å². The number of hydrogen-bond donors (Lipinski definition) is 2. The molecule has 3 rings (SSSR count). The number of ether oxygens (including phenoxy) is 1. The Balaban J connectivity index is 0.00000121. The first-order valence-corrected chi connectivity index (χ1v) is 6.42. The second kappa shape index (κ2) is 8.70. The van der Waals surface area contributed by atoms with Gasteiger partial charge in [-0.15, -0.1) is 24.8 Å². The fraction of sp³-hybridized carbons (Fsp3) is 0.308. The van der Waals surface area contributed by atoms with Crippen molar-refractivity contribution < 1.29 is 9.53 Å². The maximum atomic E-state index is 12.0. The van der Waals surface area contributed by atoms with Gasteiger partial charge in [0, 0.05) is 25.5 Å². The minimum atomic E-state index is -0.449. The van der Waals surface area contributed by atoms with E-state index in [9.17, 15) is 4.79 Å². The molecule has 9 heteroatoms. The van der Waals surface area contributed by atoms with Crippen molar-refractivity contribution >= 4 is 36.4 Å². The normalized spacial score (nSPS) is 17.0. The quantitative estimate of drug-likeness (QED) is 0.868. The summed E-state index contributed by atoms with van der Waals surface area (Å²) in [4.78, 5) is 16.2. The Labute approximate surface area is 140 Å². The number of nitrogens with one attached hydrogen (secondary N) is 2. The Kier molecular flexibility index (Phi) is 7.26. The van der Waals surface area contributed by atoms with Crippen LogP contribution in [0, 0.1) is 0 Å². The summed E-state index contributed by atoms with van der Waals surface area (Å²) in [6.45, 7) is 1.86. The highest BCUT2D eigenvalue weighted by molar-refractivity contribution is 5.94. The van der Waals surface area contributed by atoms with E-state index in [0.29, 0.717) is 24.7 Å². The summed E-state index contributed by atoms with van der Waals surface area (Å²) in [6, 6.07) is 5.41. The predicted molar refractivity (Wildman–Crippen MR) is 87.1 cm³/mol. The number of hydrogen-bond acceptors (Lipinski definition) is 5. The molecule has 1 amide bonds. The molecule has 0 radical (unpaired) electrons. The Morgan fingerprint density at radius 2 is 2.27 bits per heavy atom. The van der Waals surface area contributed by atoms with Crippen molar-refractivity contribution in [1.29, 1.82) is 0 Å². The maximum Gasteiger partial charge on any atom is 0.254 e. The van der Waals surface area contributed by atoms with E-state index in [0.717, 1.165) is 6.54 Å². The fourth-order valence-corrected chi connectivity index (χ4v) is 1.96. The number of rotatable bonds is 3. The first-order chi connectivity index (χ1) is 9.83. The largest absolute Gasteiger partial charge is 0.366 e. The van der Waals surface area contributed by atoms with Crippen LogP contribution in [-0.4, -0.2) is 46.5 Å². The third-order valence-corrected chi connectivity index (χ3v) is 2.97.